The van der Waals surface area contributed by atoms with E-state index in [9.17, 15) is 9.90 Å². The Hall–Kier alpha value is -1.66. The number of hydrogen-bond donors (Lipinski definition) is 2. The normalized spacial score (nSPS) is 30.8. The van der Waals surface area contributed by atoms with Crippen molar-refractivity contribution in [1.82, 2.24) is 4.98 Å². The van der Waals surface area contributed by atoms with Gasteiger partial charge in [0.1, 0.15) is 5.60 Å². The van der Waals surface area contributed by atoms with Crippen LogP contribution >= 0.6 is 0 Å². The van der Waals surface area contributed by atoms with Crippen LogP contribution in [0, 0.1) is 5.92 Å². The summed E-state index contributed by atoms with van der Waals surface area (Å²) in [4.78, 5) is 16.2. The maximum absolute atomic E-state index is 12.2. The molecule has 0 aromatic carbocycles. The van der Waals surface area contributed by atoms with Crippen LogP contribution in [0.3, 0.4) is 0 Å². The van der Waals surface area contributed by atoms with Crippen LogP contribution in [-0.4, -0.2) is 33.4 Å². The summed E-state index contributed by atoms with van der Waals surface area (Å²) in [6, 6.07) is 1.82. The second kappa shape index (κ2) is 6.69. The van der Waals surface area contributed by atoms with Crippen LogP contribution in [0.15, 0.2) is 18.5 Å². The van der Waals surface area contributed by atoms with Gasteiger partial charge in [-0.15, -0.1) is 0 Å². The van der Waals surface area contributed by atoms with Gasteiger partial charge in [0.2, 0.25) is 0 Å². The molecule has 0 bridgehead atoms. The average Bonchev–Trinajstić information content (AvgIpc) is 2.42. The Kier molecular flexibility index (Phi) is 5.20. The van der Waals surface area contributed by atoms with E-state index < -0.39 is 17.3 Å². The van der Waals surface area contributed by atoms with Crippen molar-refractivity contribution in [3.8, 4) is 0 Å². The highest BCUT2D eigenvalue weighted by Crippen LogP contribution is 2.43. The number of esters is 1. The number of anilines is 1. The molecule has 2 heterocycles. The molecule has 0 unspecified atom stereocenters. The molecule has 1 aromatic rings. The fraction of sp³-hybridized carbons (Fsp3) is 0.667. The highest BCUT2D eigenvalue weighted by atomic mass is 16.6. The number of aliphatic hydroxyl groups is 1. The fourth-order valence-corrected chi connectivity index (χ4v) is 3.05. The predicted molar refractivity (Wildman–Crippen MR) is 91.1 cm³/mol. The highest BCUT2D eigenvalue weighted by molar-refractivity contribution is 5.70. The molecule has 0 radical (unpaired) electrons. The second-order valence-corrected chi connectivity index (χ2v) is 7.72. The molecule has 0 aliphatic carbocycles. The number of carbonyl (C=O) groups is 1. The molecule has 4 atom stereocenters. The summed E-state index contributed by atoms with van der Waals surface area (Å²) >= 11 is 0. The van der Waals surface area contributed by atoms with Crippen LogP contribution < -0.4 is 5.73 Å². The Labute approximate surface area is 143 Å². The molecule has 6 heteroatoms. The van der Waals surface area contributed by atoms with Gasteiger partial charge in [0.25, 0.3) is 0 Å². The van der Waals surface area contributed by atoms with Gasteiger partial charge >= 0.3 is 5.97 Å². The number of carbonyl (C=O) groups excluding carboxylic acids is 1. The van der Waals surface area contributed by atoms with Crippen molar-refractivity contribution in [2.75, 3.05) is 5.73 Å². The van der Waals surface area contributed by atoms with Gasteiger partial charge in [-0.2, -0.15) is 0 Å². The third-order valence-electron chi connectivity index (χ3n) is 4.58. The summed E-state index contributed by atoms with van der Waals surface area (Å²) in [5.41, 5.74) is 5.72. The van der Waals surface area contributed by atoms with E-state index in [4.69, 9.17) is 15.2 Å². The summed E-state index contributed by atoms with van der Waals surface area (Å²) < 4.78 is 11.4. The van der Waals surface area contributed by atoms with Crippen molar-refractivity contribution >= 4 is 11.7 Å². The third kappa shape index (κ3) is 4.24. The van der Waals surface area contributed by atoms with Gasteiger partial charge in [0.15, 0.2) is 0 Å². The molecule has 0 amide bonds. The van der Waals surface area contributed by atoms with E-state index >= 15 is 0 Å². The van der Waals surface area contributed by atoms with E-state index in [1.165, 1.54) is 0 Å². The largest absolute Gasteiger partial charge is 0.460 e. The number of hydrogen-bond acceptors (Lipinski definition) is 6. The number of aromatic nitrogens is 1. The molecule has 24 heavy (non-hydrogen) atoms. The highest BCUT2D eigenvalue weighted by Gasteiger charge is 2.46. The van der Waals surface area contributed by atoms with Gasteiger partial charge < -0.3 is 20.3 Å². The van der Waals surface area contributed by atoms with Crippen molar-refractivity contribution in [1.29, 1.82) is 0 Å². The molecule has 6 nitrogen and oxygen atoms in total. The number of nitrogens with two attached hydrogens (primary N) is 1. The van der Waals surface area contributed by atoms with Crippen molar-refractivity contribution < 1.29 is 19.4 Å². The zero-order valence-electron chi connectivity index (χ0n) is 15.1. The molecule has 134 valence electrons. The Morgan fingerprint density at radius 1 is 1.54 bits per heavy atom. The van der Waals surface area contributed by atoms with Crippen molar-refractivity contribution in [3.05, 3.63) is 24.0 Å². The van der Waals surface area contributed by atoms with Crippen LogP contribution in [0.25, 0.3) is 0 Å². The van der Waals surface area contributed by atoms with E-state index in [0.717, 1.165) is 5.56 Å². The van der Waals surface area contributed by atoms with Gasteiger partial charge in [-0.3, -0.25) is 9.78 Å². The molecule has 2 rings (SSSR count). The van der Waals surface area contributed by atoms with E-state index in [0.29, 0.717) is 12.1 Å². The maximum Gasteiger partial charge on any atom is 0.306 e. The first-order valence-corrected chi connectivity index (χ1v) is 8.29. The minimum absolute atomic E-state index is 0.138. The van der Waals surface area contributed by atoms with Crippen LogP contribution in [0.5, 0.6) is 0 Å². The summed E-state index contributed by atoms with van der Waals surface area (Å²) in [6.07, 6.45) is 3.16. The second-order valence-electron chi connectivity index (χ2n) is 7.72. The van der Waals surface area contributed by atoms with Crippen molar-refractivity contribution in [3.63, 3.8) is 0 Å². The Bertz CT molecular complexity index is 595. The smallest absolute Gasteiger partial charge is 0.306 e. The quantitative estimate of drug-likeness (QED) is 0.824. The number of ether oxygens (including phenoxy) is 2. The van der Waals surface area contributed by atoms with Crippen LogP contribution in [0.2, 0.25) is 0 Å². The Morgan fingerprint density at radius 2 is 2.21 bits per heavy atom. The minimum atomic E-state index is -1.12. The first kappa shape index (κ1) is 18.7. The molecule has 0 saturated carbocycles. The van der Waals surface area contributed by atoms with Gasteiger partial charge in [0, 0.05) is 17.7 Å². The molecule has 1 aromatic heterocycles. The van der Waals surface area contributed by atoms with Crippen LogP contribution in [0.1, 0.15) is 59.1 Å². The van der Waals surface area contributed by atoms with E-state index in [-0.39, 0.29) is 24.4 Å². The number of nitrogens with zero attached hydrogens (tertiary/aromatic N) is 1. The average molecular weight is 336 g/mol. The number of rotatable bonds is 3. The zero-order chi connectivity index (χ0) is 18.1. The fourth-order valence-electron chi connectivity index (χ4n) is 3.05. The summed E-state index contributed by atoms with van der Waals surface area (Å²) in [7, 11) is 0. The molecule has 1 saturated heterocycles. The van der Waals surface area contributed by atoms with Crippen molar-refractivity contribution in [2.24, 2.45) is 5.92 Å². The standard InChI is InChI=1S/C18H28N2O4/c1-11-18(5,22)12(9-16(21)24-17(2,3)4)8-15(23-11)13-6-7-20-10-14(13)19/h6-7,10-12,15,22H,8-9,19H2,1-5H3/t11-,12+,15-,18-/m1/s1. The summed E-state index contributed by atoms with van der Waals surface area (Å²) in [6.45, 7) is 9.01. The first-order valence-electron chi connectivity index (χ1n) is 8.29. The van der Waals surface area contributed by atoms with E-state index in [1.54, 1.807) is 19.3 Å². The molecule has 0 spiro atoms. The number of nitrogen functional groups attached to an aromatic ring is 1. The molecule has 1 aliphatic heterocycles. The lowest BCUT2D eigenvalue weighted by molar-refractivity contribution is -0.200. The molecule has 1 aliphatic rings. The topological polar surface area (TPSA) is 94.7 Å². The van der Waals surface area contributed by atoms with E-state index in [2.05, 4.69) is 4.98 Å². The Morgan fingerprint density at radius 3 is 2.79 bits per heavy atom. The maximum atomic E-state index is 12.2. The van der Waals surface area contributed by atoms with Gasteiger partial charge in [0.05, 0.1) is 36.1 Å². The zero-order valence-corrected chi connectivity index (χ0v) is 15.1. The van der Waals surface area contributed by atoms with Crippen LogP contribution in [0.4, 0.5) is 5.69 Å². The number of pyridine rings is 1. The molecule has 3 N–H and O–H groups in total. The lowest BCUT2D eigenvalue weighted by Crippen LogP contribution is -2.51. The lowest BCUT2D eigenvalue weighted by Gasteiger charge is -2.45. The third-order valence-corrected chi connectivity index (χ3v) is 4.58. The molecule has 1 fully saturated rings. The van der Waals surface area contributed by atoms with Gasteiger partial charge in [-0.25, -0.2) is 0 Å². The predicted octanol–water partition coefficient (Wildman–Crippen LogP) is 2.61. The molecular weight excluding hydrogens is 308 g/mol. The minimum Gasteiger partial charge on any atom is -0.460 e. The van der Waals surface area contributed by atoms with Gasteiger partial charge in [-0.1, -0.05) is 0 Å². The molecular formula is C18H28N2O4. The SMILES string of the molecule is C[C@H]1O[C@@H](c2ccncc2N)C[C@@H](CC(=O)OC(C)(C)C)[C@]1(C)O. The van der Waals surface area contributed by atoms with Gasteiger partial charge in [-0.05, 0) is 47.1 Å². The summed E-state index contributed by atoms with van der Waals surface area (Å²) in [5, 5.41) is 10.8. The summed E-state index contributed by atoms with van der Waals surface area (Å²) in [5.74, 6) is -0.600. The van der Waals surface area contributed by atoms with E-state index in [1.807, 2.05) is 33.8 Å². The lowest BCUT2D eigenvalue weighted by atomic mass is 9.75. The first-order chi connectivity index (χ1) is 11.0. The van der Waals surface area contributed by atoms with Crippen molar-refractivity contribution in [2.45, 2.75) is 70.9 Å². The Balaban J connectivity index is 2.18. The monoisotopic (exact) mass is 336 g/mol. The van der Waals surface area contributed by atoms with Crippen LogP contribution in [-0.2, 0) is 14.3 Å².